The number of hydrogen-bond donors (Lipinski definition) is 0. The Labute approximate surface area is 103 Å². The number of furan rings is 1. The molecule has 0 spiro atoms. The lowest BCUT2D eigenvalue weighted by Crippen LogP contribution is -1.95. The lowest BCUT2D eigenvalue weighted by atomic mass is 10.4. The molecule has 0 radical (unpaired) electrons. The van der Waals surface area contributed by atoms with Crippen LogP contribution < -0.4 is 0 Å². The molecule has 16 heavy (non-hydrogen) atoms. The highest BCUT2D eigenvalue weighted by Gasteiger charge is 2.05. The molecule has 84 valence electrons. The zero-order chi connectivity index (χ0) is 11.5. The van der Waals surface area contributed by atoms with Crippen molar-refractivity contribution in [3.05, 3.63) is 40.8 Å². The maximum absolute atomic E-state index is 5.86. The summed E-state index contributed by atoms with van der Waals surface area (Å²) in [5.74, 6) is 2.36. The van der Waals surface area contributed by atoms with E-state index in [0.717, 1.165) is 22.2 Å². The van der Waals surface area contributed by atoms with Gasteiger partial charge in [-0.15, -0.1) is 11.8 Å². The zero-order valence-corrected chi connectivity index (χ0v) is 10.6. The quantitative estimate of drug-likeness (QED) is 0.619. The molecule has 0 atom stereocenters. The van der Waals surface area contributed by atoms with Crippen LogP contribution in [0.25, 0.3) is 0 Å². The molecular weight excluding hydrogens is 244 g/mol. The van der Waals surface area contributed by atoms with Crippen molar-refractivity contribution in [1.82, 2.24) is 9.97 Å². The van der Waals surface area contributed by atoms with Gasteiger partial charge in [0, 0.05) is 10.6 Å². The second kappa shape index (κ2) is 4.89. The number of thioether (sulfide) groups is 1. The summed E-state index contributed by atoms with van der Waals surface area (Å²) in [5, 5.41) is 0.493. The monoisotopic (exact) mass is 254 g/mol. The summed E-state index contributed by atoms with van der Waals surface area (Å²) in [5.41, 5.74) is 0.888. The van der Waals surface area contributed by atoms with Gasteiger partial charge in [0.05, 0.1) is 12.0 Å². The van der Waals surface area contributed by atoms with Crippen LogP contribution in [-0.4, -0.2) is 9.97 Å². The zero-order valence-electron chi connectivity index (χ0n) is 9.03. The molecule has 5 heteroatoms. The van der Waals surface area contributed by atoms with Gasteiger partial charge in [-0.2, -0.15) is 0 Å². The molecule has 0 amide bonds. The molecule has 0 saturated heterocycles. The van der Waals surface area contributed by atoms with Crippen LogP contribution in [0.4, 0.5) is 0 Å². The van der Waals surface area contributed by atoms with Gasteiger partial charge in [-0.05, 0) is 26.0 Å². The fourth-order valence-electron chi connectivity index (χ4n) is 1.32. The van der Waals surface area contributed by atoms with E-state index in [1.165, 1.54) is 0 Å². The molecule has 0 aliphatic rings. The van der Waals surface area contributed by atoms with Gasteiger partial charge in [0.2, 0.25) is 0 Å². The lowest BCUT2D eigenvalue weighted by Gasteiger charge is -2.01. The van der Waals surface area contributed by atoms with Crippen molar-refractivity contribution in [3.8, 4) is 0 Å². The summed E-state index contributed by atoms with van der Waals surface area (Å²) < 4.78 is 5.21. The highest BCUT2D eigenvalue weighted by molar-refractivity contribution is 7.98. The van der Waals surface area contributed by atoms with Gasteiger partial charge in [-0.25, -0.2) is 9.97 Å². The topological polar surface area (TPSA) is 38.9 Å². The number of halogens is 1. The molecule has 0 saturated carbocycles. The standard InChI is InChI=1S/C11H11ClN2OS/c1-7-5-10(12)14-11(13-7)6-16-9-3-4-15-8(9)2/h3-5H,6H2,1-2H3. The number of hydrogen-bond acceptors (Lipinski definition) is 4. The van der Waals surface area contributed by atoms with Crippen LogP contribution in [0, 0.1) is 13.8 Å². The maximum Gasteiger partial charge on any atom is 0.140 e. The Bertz CT molecular complexity index is 478. The van der Waals surface area contributed by atoms with Gasteiger partial charge < -0.3 is 4.42 Å². The third-order valence-electron chi connectivity index (χ3n) is 2.04. The molecule has 0 unspecified atom stereocenters. The smallest absolute Gasteiger partial charge is 0.140 e. The second-order valence-corrected chi connectivity index (χ2v) is 4.78. The number of aromatic nitrogens is 2. The molecule has 2 rings (SSSR count). The Morgan fingerprint density at radius 2 is 2.19 bits per heavy atom. The minimum atomic E-state index is 0.493. The minimum absolute atomic E-state index is 0.493. The SMILES string of the molecule is Cc1cc(Cl)nc(CSc2ccoc2C)n1. The highest BCUT2D eigenvalue weighted by Crippen LogP contribution is 2.25. The molecule has 2 heterocycles. The summed E-state index contributed by atoms with van der Waals surface area (Å²) >= 11 is 7.51. The Hall–Kier alpha value is -1.00. The van der Waals surface area contributed by atoms with E-state index in [4.69, 9.17) is 16.0 Å². The third kappa shape index (κ3) is 2.77. The Morgan fingerprint density at radius 1 is 1.38 bits per heavy atom. The normalized spacial score (nSPS) is 10.7. The van der Waals surface area contributed by atoms with Crippen molar-refractivity contribution in [3.63, 3.8) is 0 Å². The van der Waals surface area contributed by atoms with E-state index in [-0.39, 0.29) is 0 Å². The first-order valence-corrected chi connectivity index (χ1v) is 6.18. The predicted molar refractivity (Wildman–Crippen MR) is 64.8 cm³/mol. The maximum atomic E-state index is 5.86. The van der Waals surface area contributed by atoms with Crippen LogP contribution in [0.5, 0.6) is 0 Å². The fraction of sp³-hybridized carbons (Fsp3) is 0.273. The van der Waals surface area contributed by atoms with Crippen LogP contribution >= 0.6 is 23.4 Å². The van der Waals surface area contributed by atoms with Crippen molar-refractivity contribution in [2.24, 2.45) is 0 Å². The molecule has 0 aliphatic heterocycles. The third-order valence-corrected chi connectivity index (χ3v) is 3.37. The first-order valence-electron chi connectivity index (χ1n) is 4.82. The largest absolute Gasteiger partial charge is 0.468 e. The van der Waals surface area contributed by atoms with Crippen LogP contribution in [0.3, 0.4) is 0 Å². The van der Waals surface area contributed by atoms with E-state index in [2.05, 4.69) is 9.97 Å². The van der Waals surface area contributed by atoms with Gasteiger partial charge in [0.15, 0.2) is 0 Å². The average molecular weight is 255 g/mol. The molecule has 0 fully saturated rings. The molecule has 0 N–H and O–H groups in total. The number of rotatable bonds is 3. The number of nitrogens with zero attached hydrogens (tertiary/aromatic N) is 2. The summed E-state index contributed by atoms with van der Waals surface area (Å²) in [6.07, 6.45) is 1.68. The average Bonchev–Trinajstić information content (AvgIpc) is 2.59. The summed E-state index contributed by atoms with van der Waals surface area (Å²) in [6, 6.07) is 3.69. The van der Waals surface area contributed by atoms with Crippen LogP contribution in [0.1, 0.15) is 17.3 Å². The molecule has 3 nitrogen and oxygen atoms in total. The van der Waals surface area contributed by atoms with Crippen LogP contribution in [0.2, 0.25) is 5.15 Å². The molecule has 0 aromatic carbocycles. The molecule has 0 bridgehead atoms. The van der Waals surface area contributed by atoms with Crippen molar-refractivity contribution in [2.75, 3.05) is 0 Å². The van der Waals surface area contributed by atoms with Crippen molar-refractivity contribution in [2.45, 2.75) is 24.5 Å². The molecular formula is C11H11ClN2OS. The van der Waals surface area contributed by atoms with E-state index in [0.29, 0.717) is 10.9 Å². The molecule has 0 aliphatic carbocycles. The Kier molecular flexibility index (Phi) is 3.51. The minimum Gasteiger partial charge on any atom is -0.468 e. The van der Waals surface area contributed by atoms with E-state index < -0.39 is 0 Å². The van der Waals surface area contributed by atoms with Gasteiger partial charge in [-0.1, -0.05) is 11.6 Å². The van der Waals surface area contributed by atoms with E-state index in [1.807, 2.05) is 19.9 Å². The Morgan fingerprint density at radius 3 is 2.81 bits per heavy atom. The van der Waals surface area contributed by atoms with Crippen molar-refractivity contribution >= 4 is 23.4 Å². The van der Waals surface area contributed by atoms with Crippen LogP contribution in [0.15, 0.2) is 27.7 Å². The van der Waals surface area contributed by atoms with Gasteiger partial charge >= 0.3 is 0 Å². The fourth-order valence-corrected chi connectivity index (χ4v) is 2.39. The predicted octanol–water partition coefficient (Wildman–Crippen LogP) is 3.63. The van der Waals surface area contributed by atoms with Crippen molar-refractivity contribution in [1.29, 1.82) is 0 Å². The second-order valence-electron chi connectivity index (χ2n) is 3.38. The summed E-state index contributed by atoms with van der Waals surface area (Å²) in [4.78, 5) is 9.59. The van der Waals surface area contributed by atoms with Gasteiger partial charge in [0.1, 0.15) is 16.7 Å². The van der Waals surface area contributed by atoms with Crippen molar-refractivity contribution < 1.29 is 4.42 Å². The molecule has 2 aromatic rings. The van der Waals surface area contributed by atoms with Crippen LogP contribution in [-0.2, 0) is 5.75 Å². The summed E-state index contributed by atoms with van der Waals surface area (Å²) in [6.45, 7) is 3.84. The lowest BCUT2D eigenvalue weighted by molar-refractivity contribution is 0.527. The summed E-state index contributed by atoms with van der Waals surface area (Å²) in [7, 11) is 0. The first-order chi connectivity index (χ1) is 7.65. The van der Waals surface area contributed by atoms with Gasteiger partial charge in [0.25, 0.3) is 0 Å². The van der Waals surface area contributed by atoms with Gasteiger partial charge in [-0.3, -0.25) is 0 Å². The molecule has 2 aromatic heterocycles. The van der Waals surface area contributed by atoms with E-state index >= 15 is 0 Å². The highest BCUT2D eigenvalue weighted by atomic mass is 35.5. The number of aryl methyl sites for hydroxylation is 2. The van der Waals surface area contributed by atoms with E-state index in [1.54, 1.807) is 24.1 Å². The Balaban J connectivity index is 2.07. The van der Waals surface area contributed by atoms with E-state index in [9.17, 15) is 0 Å². The first kappa shape index (κ1) is 11.5.